The van der Waals surface area contributed by atoms with Crippen molar-refractivity contribution in [3.8, 4) is 0 Å². The monoisotopic (exact) mass is 259 g/mol. The molecule has 0 fully saturated rings. The quantitative estimate of drug-likeness (QED) is 0.734. The van der Waals surface area contributed by atoms with Crippen molar-refractivity contribution in [2.24, 2.45) is 0 Å². The normalized spacial score (nSPS) is 10.7. The van der Waals surface area contributed by atoms with Crippen LogP contribution in [0.3, 0.4) is 0 Å². The van der Waals surface area contributed by atoms with Crippen LogP contribution in [-0.4, -0.2) is 15.0 Å². The molecule has 0 bridgehead atoms. The van der Waals surface area contributed by atoms with Crippen LogP contribution >= 0.6 is 22.6 Å². The number of halogens is 1. The van der Waals surface area contributed by atoms with E-state index in [2.05, 4.69) is 37.5 Å². The predicted molar refractivity (Wildman–Crippen MR) is 51.3 cm³/mol. The summed E-state index contributed by atoms with van der Waals surface area (Å²) in [4.78, 5) is 11.4. The van der Waals surface area contributed by atoms with E-state index in [4.69, 9.17) is 0 Å². The number of imidazole rings is 1. The zero-order valence-electron chi connectivity index (χ0n) is 5.93. The van der Waals surface area contributed by atoms with Crippen molar-refractivity contribution in [1.82, 2.24) is 15.0 Å². The summed E-state index contributed by atoms with van der Waals surface area (Å²) in [5.74, 6) is 0. The number of hydrogen-bond acceptors (Lipinski definition) is 2. The summed E-state index contributed by atoms with van der Waals surface area (Å²) in [5.41, 5.74) is 2.95. The van der Waals surface area contributed by atoms with Gasteiger partial charge in [0.2, 0.25) is 0 Å². The van der Waals surface area contributed by atoms with Gasteiger partial charge in [0, 0.05) is 6.20 Å². The Bertz CT molecular complexity index is 393. The van der Waals surface area contributed by atoms with Crippen LogP contribution in [0.5, 0.6) is 0 Å². The van der Waals surface area contributed by atoms with Gasteiger partial charge in [0.1, 0.15) is 0 Å². The molecule has 3 nitrogen and oxygen atoms in total. The largest absolute Gasteiger partial charge is 0.332 e. The van der Waals surface area contributed by atoms with Crippen LogP contribution in [0.2, 0.25) is 0 Å². The summed E-state index contributed by atoms with van der Waals surface area (Å²) in [5, 5.41) is 0. The lowest BCUT2D eigenvalue weighted by Gasteiger charge is -1.88. The van der Waals surface area contributed by atoms with Gasteiger partial charge in [0.05, 0.1) is 5.52 Å². The average molecular weight is 259 g/mol. The molecule has 2 heterocycles. The maximum absolute atomic E-state index is 4.17. The van der Waals surface area contributed by atoms with Gasteiger partial charge in [-0.05, 0) is 41.1 Å². The van der Waals surface area contributed by atoms with Crippen LogP contribution in [0.25, 0.3) is 11.2 Å². The van der Waals surface area contributed by atoms with Gasteiger partial charge in [-0.3, -0.25) is 0 Å². The maximum Gasteiger partial charge on any atom is 0.178 e. The van der Waals surface area contributed by atoms with Crippen LogP contribution in [0, 0.1) is 10.8 Å². The smallest absolute Gasteiger partial charge is 0.178 e. The Morgan fingerprint density at radius 3 is 3.18 bits per heavy atom. The molecule has 0 aliphatic heterocycles. The first-order chi connectivity index (χ1) is 5.25. The van der Waals surface area contributed by atoms with E-state index in [1.54, 1.807) is 0 Å². The highest BCUT2D eigenvalue weighted by atomic mass is 127. The molecule has 2 aromatic rings. The van der Waals surface area contributed by atoms with Crippen molar-refractivity contribution < 1.29 is 0 Å². The predicted octanol–water partition coefficient (Wildman–Crippen LogP) is 1.87. The second kappa shape index (κ2) is 2.44. The van der Waals surface area contributed by atoms with Gasteiger partial charge in [0.25, 0.3) is 0 Å². The topological polar surface area (TPSA) is 41.6 Å². The van der Waals surface area contributed by atoms with E-state index in [9.17, 15) is 0 Å². The Morgan fingerprint density at radius 2 is 2.36 bits per heavy atom. The zero-order chi connectivity index (χ0) is 7.84. The van der Waals surface area contributed by atoms with Crippen molar-refractivity contribution in [2.75, 3.05) is 0 Å². The molecular weight excluding hydrogens is 253 g/mol. The second-order valence-electron chi connectivity index (χ2n) is 2.41. The van der Waals surface area contributed by atoms with Crippen molar-refractivity contribution >= 4 is 33.8 Å². The molecule has 2 aromatic heterocycles. The first-order valence-corrected chi connectivity index (χ1v) is 4.31. The summed E-state index contributed by atoms with van der Waals surface area (Å²) in [6, 6.07) is 2.04. The van der Waals surface area contributed by atoms with Crippen LogP contribution in [-0.2, 0) is 0 Å². The minimum atomic E-state index is 0.792. The van der Waals surface area contributed by atoms with E-state index in [0.717, 1.165) is 20.6 Å². The molecule has 0 saturated heterocycles. The Labute approximate surface area is 77.4 Å². The second-order valence-corrected chi connectivity index (χ2v) is 3.43. The van der Waals surface area contributed by atoms with Gasteiger partial charge in [0.15, 0.2) is 9.48 Å². The molecule has 0 spiro atoms. The Balaban J connectivity index is 2.82. The molecule has 0 unspecified atom stereocenters. The number of rotatable bonds is 0. The standard InChI is InChI=1S/C7H6IN3/c1-4-2-5-6(9-3-4)11-7(8)10-5/h2-3H,1H3,(H,9,10,11). The van der Waals surface area contributed by atoms with Crippen LogP contribution in [0.15, 0.2) is 12.3 Å². The number of pyridine rings is 1. The number of aromatic amines is 1. The van der Waals surface area contributed by atoms with Crippen LogP contribution < -0.4 is 0 Å². The van der Waals surface area contributed by atoms with Crippen molar-refractivity contribution in [2.45, 2.75) is 6.92 Å². The molecule has 0 aromatic carbocycles. The fraction of sp³-hybridized carbons (Fsp3) is 0.143. The number of H-pyrrole nitrogens is 1. The molecule has 4 heteroatoms. The lowest BCUT2D eigenvalue weighted by molar-refractivity contribution is 1.24. The summed E-state index contributed by atoms with van der Waals surface area (Å²) in [6.45, 7) is 2.01. The Morgan fingerprint density at radius 1 is 1.55 bits per heavy atom. The number of aromatic nitrogens is 3. The minimum Gasteiger partial charge on any atom is -0.332 e. The zero-order valence-corrected chi connectivity index (χ0v) is 8.08. The maximum atomic E-state index is 4.17. The number of hydrogen-bond donors (Lipinski definition) is 1. The molecule has 2 rings (SSSR count). The van der Waals surface area contributed by atoms with Crippen molar-refractivity contribution in [3.05, 3.63) is 21.7 Å². The highest BCUT2D eigenvalue weighted by Gasteiger charge is 1.99. The lowest BCUT2D eigenvalue weighted by Crippen LogP contribution is -1.77. The fourth-order valence-electron chi connectivity index (χ4n) is 0.975. The van der Waals surface area contributed by atoms with Gasteiger partial charge in [-0.1, -0.05) is 0 Å². The average Bonchev–Trinajstić information content (AvgIpc) is 2.27. The lowest BCUT2D eigenvalue weighted by atomic mass is 10.3. The van der Waals surface area contributed by atoms with Gasteiger partial charge < -0.3 is 4.98 Å². The summed E-state index contributed by atoms with van der Waals surface area (Å²) in [6.07, 6.45) is 1.82. The summed E-state index contributed by atoms with van der Waals surface area (Å²) < 4.78 is 0.885. The SMILES string of the molecule is Cc1cnc2nc(I)[nH]c2c1. The number of aryl methyl sites for hydroxylation is 1. The molecule has 1 N–H and O–H groups in total. The molecule has 56 valence electrons. The highest BCUT2D eigenvalue weighted by molar-refractivity contribution is 14.1. The molecule has 0 aliphatic rings. The molecule has 0 aliphatic carbocycles. The van der Waals surface area contributed by atoms with Gasteiger partial charge in [-0.15, -0.1) is 0 Å². The van der Waals surface area contributed by atoms with E-state index in [-0.39, 0.29) is 0 Å². The first-order valence-electron chi connectivity index (χ1n) is 3.23. The third kappa shape index (κ3) is 1.22. The Hall–Kier alpha value is -0.650. The summed E-state index contributed by atoms with van der Waals surface area (Å²) >= 11 is 2.14. The summed E-state index contributed by atoms with van der Waals surface area (Å²) in [7, 11) is 0. The molecule has 0 atom stereocenters. The minimum absolute atomic E-state index is 0.792. The van der Waals surface area contributed by atoms with Crippen LogP contribution in [0.4, 0.5) is 0 Å². The fourth-order valence-corrected chi connectivity index (χ4v) is 1.49. The van der Waals surface area contributed by atoms with Crippen molar-refractivity contribution in [3.63, 3.8) is 0 Å². The van der Waals surface area contributed by atoms with E-state index in [1.807, 2.05) is 19.2 Å². The number of nitrogens with zero attached hydrogens (tertiary/aromatic N) is 2. The Kier molecular flexibility index (Phi) is 1.56. The third-order valence-corrected chi connectivity index (χ3v) is 1.96. The molecular formula is C7H6IN3. The third-order valence-electron chi connectivity index (χ3n) is 1.45. The van der Waals surface area contributed by atoms with E-state index < -0.39 is 0 Å². The van der Waals surface area contributed by atoms with Gasteiger partial charge in [-0.2, -0.15) is 0 Å². The molecule has 0 saturated carbocycles. The molecule has 0 radical (unpaired) electrons. The van der Waals surface area contributed by atoms with Crippen molar-refractivity contribution in [1.29, 1.82) is 0 Å². The molecule has 0 amide bonds. The number of nitrogens with one attached hydrogen (secondary N) is 1. The van der Waals surface area contributed by atoms with E-state index in [1.165, 1.54) is 0 Å². The van der Waals surface area contributed by atoms with E-state index in [0.29, 0.717) is 0 Å². The number of fused-ring (bicyclic) bond motifs is 1. The van der Waals surface area contributed by atoms with Gasteiger partial charge in [-0.25, -0.2) is 9.97 Å². The van der Waals surface area contributed by atoms with Gasteiger partial charge >= 0.3 is 0 Å². The van der Waals surface area contributed by atoms with E-state index >= 15 is 0 Å². The molecule has 11 heavy (non-hydrogen) atoms. The first kappa shape index (κ1) is 7.02. The highest BCUT2D eigenvalue weighted by Crippen LogP contribution is 2.10. The van der Waals surface area contributed by atoms with Crippen LogP contribution in [0.1, 0.15) is 5.56 Å².